The van der Waals surface area contributed by atoms with Gasteiger partial charge in [-0.1, -0.05) is 0 Å². The molecule has 2 aromatic carbocycles. The van der Waals surface area contributed by atoms with Crippen molar-refractivity contribution in [3.8, 4) is 11.1 Å². The van der Waals surface area contributed by atoms with Crippen molar-refractivity contribution in [2.24, 2.45) is 5.92 Å². The minimum atomic E-state index is 0. The zero-order valence-corrected chi connectivity index (χ0v) is 17.9. The van der Waals surface area contributed by atoms with Gasteiger partial charge in [0.05, 0.1) is 0 Å². The number of halogens is 2. The van der Waals surface area contributed by atoms with Gasteiger partial charge in [0.25, 0.3) is 0 Å². The molecule has 0 amide bonds. The SMILES string of the molecule is [CH3-].[CH3-].[Cl-].[Cl-].[Zr+2]=[C](c1cccc2c1Cc1ccccc1-2)C1C=CC=C1. The van der Waals surface area contributed by atoms with Gasteiger partial charge in [0.1, 0.15) is 0 Å². The molecule has 0 spiro atoms. The van der Waals surface area contributed by atoms with E-state index in [4.69, 9.17) is 0 Å². The summed E-state index contributed by atoms with van der Waals surface area (Å²) < 4.78 is 1.55. The molecule has 4 rings (SSSR count). The molecule has 0 radical (unpaired) electrons. The van der Waals surface area contributed by atoms with Gasteiger partial charge in [-0.25, -0.2) is 0 Å². The third kappa shape index (κ3) is 3.90. The van der Waals surface area contributed by atoms with Crippen LogP contribution in [-0.2, 0) is 30.7 Å². The monoisotopic (exact) mass is 432 g/mol. The Bertz CT molecular complexity index is 763. The van der Waals surface area contributed by atoms with E-state index < -0.39 is 0 Å². The fraction of sp³-hybridized carbons (Fsp3) is 0.0952. The topological polar surface area (TPSA) is 0 Å². The summed E-state index contributed by atoms with van der Waals surface area (Å²) in [7, 11) is 0. The van der Waals surface area contributed by atoms with Crippen molar-refractivity contribution in [3.05, 3.63) is 98.3 Å². The van der Waals surface area contributed by atoms with Gasteiger partial charge in [0, 0.05) is 0 Å². The third-order valence-electron chi connectivity index (χ3n) is 4.22. The molecule has 0 nitrogen and oxygen atoms in total. The van der Waals surface area contributed by atoms with Crippen molar-refractivity contribution in [1.82, 2.24) is 0 Å². The van der Waals surface area contributed by atoms with Crippen LogP contribution >= 0.6 is 0 Å². The molecule has 0 unspecified atom stereocenters. The predicted octanol–water partition coefficient (Wildman–Crippen LogP) is -1.02. The molecule has 2 aliphatic rings. The van der Waals surface area contributed by atoms with Crippen molar-refractivity contribution in [2.75, 3.05) is 0 Å². The fourth-order valence-corrected chi connectivity index (χ4v) is 4.26. The Kier molecular flexibility index (Phi) is 9.36. The Balaban J connectivity index is 0.00000132. The summed E-state index contributed by atoms with van der Waals surface area (Å²) in [6.45, 7) is 0. The Morgan fingerprint density at radius 3 is 2.17 bits per heavy atom. The molecule has 0 saturated carbocycles. The zero-order valence-electron chi connectivity index (χ0n) is 13.9. The number of allylic oxidation sites excluding steroid dienone is 4. The van der Waals surface area contributed by atoms with Crippen LogP contribution in [0.4, 0.5) is 0 Å². The number of rotatable bonds is 2. The van der Waals surface area contributed by atoms with Gasteiger partial charge >= 0.3 is 134 Å². The number of hydrogen-bond acceptors (Lipinski definition) is 0. The summed E-state index contributed by atoms with van der Waals surface area (Å²) in [5, 5.41) is 0. The van der Waals surface area contributed by atoms with Gasteiger partial charge < -0.3 is 39.7 Å². The Morgan fingerprint density at radius 2 is 1.46 bits per heavy atom. The summed E-state index contributed by atoms with van der Waals surface area (Å²) in [5.74, 6) is 0.503. The second-order valence-corrected chi connectivity index (χ2v) is 6.70. The van der Waals surface area contributed by atoms with E-state index in [1.54, 1.807) is 3.21 Å². The fourth-order valence-electron chi connectivity index (χ4n) is 3.21. The van der Waals surface area contributed by atoms with Crippen LogP contribution in [0.1, 0.15) is 16.7 Å². The number of fused-ring (bicyclic) bond motifs is 3. The van der Waals surface area contributed by atoms with Crippen LogP contribution in [0.25, 0.3) is 11.1 Å². The Labute approximate surface area is 173 Å². The quantitative estimate of drug-likeness (QED) is 0.453. The Morgan fingerprint density at radius 1 is 0.833 bits per heavy atom. The van der Waals surface area contributed by atoms with Crippen LogP contribution in [0, 0.1) is 20.8 Å². The molecule has 0 heterocycles. The standard InChI is InChI=1S/C19H14.2CH3.2ClH.Zr/c1-2-7-14(6-1)12-15-9-5-11-18-17-10-4-3-8-16(17)13-19(15)18;;;;;/h1-11,14H,13H2;2*1H3;2*1H;/q;2*-1;;;+2/p-2. The third-order valence-corrected chi connectivity index (χ3v) is 5.70. The summed E-state index contributed by atoms with van der Waals surface area (Å²) in [6, 6.07) is 15.6. The maximum absolute atomic E-state index is 2.30. The Hall–Kier alpha value is -0.747. The molecule has 0 bridgehead atoms. The minimum absolute atomic E-state index is 0. The van der Waals surface area contributed by atoms with Gasteiger partial charge in [-0.15, -0.1) is 0 Å². The van der Waals surface area contributed by atoms with Crippen molar-refractivity contribution >= 4 is 3.21 Å². The molecule has 124 valence electrons. The van der Waals surface area contributed by atoms with Crippen molar-refractivity contribution in [2.45, 2.75) is 6.42 Å². The van der Waals surface area contributed by atoms with Crippen LogP contribution in [-0.4, -0.2) is 3.21 Å². The molecule has 3 heteroatoms. The van der Waals surface area contributed by atoms with Gasteiger partial charge in [-0.3, -0.25) is 0 Å². The zero-order chi connectivity index (χ0) is 13.5. The summed E-state index contributed by atoms with van der Waals surface area (Å²) in [5.41, 5.74) is 7.32. The normalized spacial score (nSPS) is 12.9. The van der Waals surface area contributed by atoms with Crippen molar-refractivity contribution in [1.29, 1.82) is 0 Å². The average Bonchev–Trinajstić information content (AvgIpc) is 3.13. The summed E-state index contributed by atoms with van der Waals surface area (Å²) >= 11 is 1.52. The van der Waals surface area contributed by atoms with E-state index in [0.717, 1.165) is 6.42 Å². The molecule has 2 aliphatic carbocycles. The van der Waals surface area contributed by atoms with Crippen LogP contribution in [0.2, 0.25) is 0 Å². The van der Waals surface area contributed by atoms with E-state index >= 15 is 0 Å². The molecular formula is C21H20Cl2Zr-2. The van der Waals surface area contributed by atoms with E-state index in [9.17, 15) is 0 Å². The van der Waals surface area contributed by atoms with Crippen LogP contribution in [0.15, 0.2) is 66.8 Å². The molecular weight excluding hydrogens is 414 g/mol. The van der Waals surface area contributed by atoms with Gasteiger partial charge in [0.2, 0.25) is 0 Å². The first-order valence-electron chi connectivity index (χ1n) is 6.98. The first-order valence-corrected chi connectivity index (χ1v) is 8.21. The first kappa shape index (κ1) is 23.3. The number of benzene rings is 2. The van der Waals surface area contributed by atoms with E-state index in [-0.39, 0.29) is 39.7 Å². The van der Waals surface area contributed by atoms with E-state index in [1.807, 2.05) is 0 Å². The molecule has 0 saturated heterocycles. The molecule has 0 atom stereocenters. The van der Waals surface area contributed by atoms with E-state index in [2.05, 4.69) is 66.8 Å². The molecule has 24 heavy (non-hydrogen) atoms. The van der Waals surface area contributed by atoms with Crippen LogP contribution in [0.5, 0.6) is 0 Å². The second kappa shape index (κ2) is 9.66. The van der Waals surface area contributed by atoms with Gasteiger partial charge in [-0.2, -0.15) is 0 Å². The summed E-state index contributed by atoms with van der Waals surface area (Å²) in [4.78, 5) is 0. The second-order valence-electron chi connectivity index (χ2n) is 5.37. The van der Waals surface area contributed by atoms with Crippen LogP contribution in [0.3, 0.4) is 0 Å². The van der Waals surface area contributed by atoms with Crippen molar-refractivity contribution < 1.29 is 49.0 Å². The van der Waals surface area contributed by atoms with Crippen molar-refractivity contribution in [3.63, 3.8) is 0 Å². The molecule has 2 aromatic rings. The van der Waals surface area contributed by atoms with E-state index in [0.29, 0.717) is 5.92 Å². The first-order chi connectivity index (χ1) is 9.84. The molecule has 0 aromatic heterocycles. The molecule has 0 aliphatic heterocycles. The predicted molar refractivity (Wildman–Crippen MR) is 93.4 cm³/mol. The van der Waals surface area contributed by atoms with Gasteiger partial charge in [0.15, 0.2) is 0 Å². The van der Waals surface area contributed by atoms with E-state index in [1.165, 1.54) is 52.1 Å². The summed E-state index contributed by atoms with van der Waals surface area (Å²) in [6.07, 6.45) is 10.00. The molecule has 0 N–H and O–H groups in total. The van der Waals surface area contributed by atoms with Crippen LogP contribution < -0.4 is 24.8 Å². The average molecular weight is 435 g/mol. The van der Waals surface area contributed by atoms with Gasteiger partial charge in [-0.05, 0) is 0 Å². The molecule has 0 fully saturated rings. The number of hydrogen-bond donors (Lipinski definition) is 0. The maximum atomic E-state index is 2.30.